The van der Waals surface area contributed by atoms with Gasteiger partial charge in [-0.1, -0.05) is 30.3 Å². The highest BCUT2D eigenvalue weighted by atomic mass is 32.2. The van der Waals surface area contributed by atoms with Crippen molar-refractivity contribution in [2.75, 3.05) is 32.8 Å². The van der Waals surface area contributed by atoms with Gasteiger partial charge >= 0.3 is 0 Å². The van der Waals surface area contributed by atoms with Crippen molar-refractivity contribution in [2.24, 2.45) is 0 Å². The van der Waals surface area contributed by atoms with Crippen molar-refractivity contribution in [3.63, 3.8) is 0 Å². The Balaban J connectivity index is 1.59. The predicted molar refractivity (Wildman–Crippen MR) is 96.4 cm³/mol. The van der Waals surface area contributed by atoms with Crippen molar-refractivity contribution in [3.8, 4) is 0 Å². The number of sulfonamides is 1. The van der Waals surface area contributed by atoms with Crippen LogP contribution in [0.2, 0.25) is 0 Å². The number of benzene rings is 1. The first-order valence-corrected chi connectivity index (χ1v) is 10.4. The van der Waals surface area contributed by atoms with E-state index in [-0.39, 0.29) is 10.8 Å². The van der Waals surface area contributed by atoms with Gasteiger partial charge in [-0.15, -0.1) is 11.3 Å². The topological polar surface area (TPSA) is 75.7 Å². The van der Waals surface area contributed by atoms with E-state index in [1.54, 1.807) is 0 Å². The number of amides is 1. The molecule has 1 aliphatic rings. The van der Waals surface area contributed by atoms with E-state index >= 15 is 0 Å². The average molecular weight is 380 g/mol. The predicted octanol–water partition coefficient (Wildman–Crippen LogP) is 1.74. The summed E-state index contributed by atoms with van der Waals surface area (Å²) in [7, 11) is -3.55. The van der Waals surface area contributed by atoms with Crippen molar-refractivity contribution in [2.45, 2.75) is 11.3 Å². The van der Waals surface area contributed by atoms with Crippen molar-refractivity contribution in [1.82, 2.24) is 9.62 Å². The third-order valence-corrected chi connectivity index (χ3v) is 6.90. The zero-order chi connectivity index (χ0) is 17.7. The number of morpholine rings is 1. The summed E-state index contributed by atoms with van der Waals surface area (Å²) < 4.78 is 31.7. The number of carbonyl (C=O) groups is 1. The van der Waals surface area contributed by atoms with Crippen LogP contribution in [0.3, 0.4) is 0 Å². The molecule has 2 heterocycles. The summed E-state index contributed by atoms with van der Waals surface area (Å²) in [5.41, 5.74) is 1.14. The van der Waals surface area contributed by atoms with E-state index in [1.807, 2.05) is 30.3 Å². The minimum Gasteiger partial charge on any atom is -0.379 e. The van der Waals surface area contributed by atoms with E-state index < -0.39 is 10.0 Å². The zero-order valence-corrected chi connectivity index (χ0v) is 15.3. The normalized spacial score (nSPS) is 15.8. The molecular formula is C17H20N2O4S2. The standard InChI is InChI=1S/C17H20N2O4S2/c20-17(18-7-6-14-4-2-1-3-5-14)16-12-15(13-24-16)25(21,22)19-8-10-23-11-9-19/h1-5,12-13H,6-11H2,(H,18,20). The number of nitrogens with one attached hydrogen (secondary N) is 1. The van der Waals surface area contributed by atoms with Gasteiger partial charge in [0.1, 0.15) is 0 Å². The smallest absolute Gasteiger partial charge is 0.261 e. The average Bonchev–Trinajstić information content (AvgIpc) is 3.14. The largest absolute Gasteiger partial charge is 0.379 e. The number of hydrogen-bond acceptors (Lipinski definition) is 5. The summed E-state index contributed by atoms with van der Waals surface area (Å²) in [5, 5.41) is 4.36. The molecule has 0 spiro atoms. The molecule has 0 unspecified atom stereocenters. The minimum absolute atomic E-state index is 0.174. The van der Waals surface area contributed by atoms with Gasteiger partial charge < -0.3 is 10.1 Å². The Hall–Kier alpha value is -1.74. The van der Waals surface area contributed by atoms with Gasteiger partial charge in [0.2, 0.25) is 10.0 Å². The summed E-state index contributed by atoms with van der Waals surface area (Å²) in [5.74, 6) is -0.246. The summed E-state index contributed by atoms with van der Waals surface area (Å²) in [6, 6.07) is 11.3. The fourth-order valence-electron chi connectivity index (χ4n) is 2.56. The van der Waals surface area contributed by atoms with Crippen LogP contribution >= 0.6 is 11.3 Å². The van der Waals surface area contributed by atoms with Crippen molar-refractivity contribution in [3.05, 3.63) is 52.2 Å². The Morgan fingerprint density at radius 1 is 1.20 bits per heavy atom. The maximum Gasteiger partial charge on any atom is 0.261 e. The Labute approximate surface area is 151 Å². The Morgan fingerprint density at radius 2 is 1.92 bits per heavy atom. The van der Waals surface area contributed by atoms with Gasteiger partial charge in [-0.25, -0.2) is 8.42 Å². The van der Waals surface area contributed by atoms with Gasteiger partial charge in [-0.05, 0) is 18.1 Å². The van der Waals surface area contributed by atoms with Gasteiger partial charge in [-0.3, -0.25) is 4.79 Å². The summed E-state index contributed by atoms with van der Waals surface area (Å²) >= 11 is 1.15. The second kappa shape index (κ2) is 8.09. The lowest BCUT2D eigenvalue weighted by Crippen LogP contribution is -2.40. The SMILES string of the molecule is O=C(NCCc1ccccc1)c1cc(S(=O)(=O)N2CCOCC2)cs1. The molecule has 0 radical (unpaired) electrons. The van der Waals surface area contributed by atoms with E-state index in [9.17, 15) is 13.2 Å². The second-order valence-electron chi connectivity index (χ2n) is 5.65. The first-order chi connectivity index (χ1) is 12.1. The third kappa shape index (κ3) is 4.46. The van der Waals surface area contributed by atoms with Crippen LogP contribution in [0.15, 0.2) is 46.7 Å². The van der Waals surface area contributed by atoms with Crippen LogP contribution in [0.1, 0.15) is 15.2 Å². The van der Waals surface area contributed by atoms with E-state index in [0.29, 0.717) is 37.7 Å². The van der Waals surface area contributed by atoms with Crippen LogP contribution < -0.4 is 5.32 Å². The first-order valence-electron chi connectivity index (χ1n) is 8.06. The molecule has 1 aromatic carbocycles. The Bertz CT molecular complexity index is 812. The lowest BCUT2D eigenvalue weighted by atomic mass is 10.1. The molecule has 1 N–H and O–H groups in total. The van der Waals surface area contributed by atoms with Gasteiger partial charge in [-0.2, -0.15) is 4.31 Å². The molecule has 134 valence electrons. The summed E-state index contributed by atoms with van der Waals surface area (Å²) in [6.07, 6.45) is 0.733. The second-order valence-corrected chi connectivity index (χ2v) is 8.50. The first kappa shape index (κ1) is 18.1. The number of nitrogens with zero attached hydrogens (tertiary/aromatic N) is 1. The van der Waals surface area contributed by atoms with Crippen LogP contribution in [0.25, 0.3) is 0 Å². The minimum atomic E-state index is -3.55. The van der Waals surface area contributed by atoms with Crippen LogP contribution in [-0.4, -0.2) is 51.5 Å². The Morgan fingerprint density at radius 3 is 2.64 bits per heavy atom. The van der Waals surface area contributed by atoms with E-state index in [1.165, 1.54) is 15.8 Å². The van der Waals surface area contributed by atoms with Crippen LogP contribution in [-0.2, 0) is 21.2 Å². The molecule has 0 aliphatic carbocycles. The molecule has 1 fully saturated rings. The number of rotatable bonds is 6. The molecule has 1 saturated heterocycles. The molecule has 2 aromatic rings. The maximum atomic E-state index is 12.6. The number of hydrogen-bond donors (Lipinski definition) is 1. The number of carbonyl (C=O) groups excluding carboxylic acids is 1. The van der Waals surface area contributed by atoms with Crippen LogP contribution in [0.4, 0.5) is 0 Å². The maximum absolute atomic E-state index is 12.6. The fourth-order valence-corrected chi connectivity index (χ4v) is 5.15. The van der Waals surface area contributed by atoms with Gasteiger partial charge in [0.25, 0.3) is 5.91 Å². The zero-order valence-electron chi connectivity index (χ0n) is 13.7. The molecule has 3 rings (SSSR count). The highest BCUT2D eigenvalue weighted by Gasteiger charge is 2.27. The molecule has 1 amide bonds. The van der Waals surface area contributed by atoms with Gasteiger partial charge in [0, 0.05) is 25.0 Å². The molecule has 8 heteroatoms. The molecule has 1 aliphatic heterocycles. The summed E-state index contributed by atoms with van der Waals surface area (Å²) in [4.78, 5) is 12.8. The molecule has 0 saturated carbocycles. The van der Waals surface area contributed by atoms with E-state index in [4.69, 9.17) is 4.74 Å². The third-order valence-electron chi connectivity index (χ3n) is 3.95. The molecule has 0 bridgehead atoms. The molecule has 0 atom stereocenters. The van der Waals surface area contributed by atoms with Crippen LogP contribution in [0.5, 0.6) is 0 Å². The van der Waals surface area contributed by atoms with Gasteiger partial charge in [0.15, 0.2) is 0 Å². The number of ether oxygens (including phenoxy) is 1. The van der Waals surface area contributed by atoms with Crippen molar-refractivity contribution in [1.29, 1.82) is 0 Å². The van der Waals surface area contributed by atoms with E-state index in [0.717, 1.165) is 23.3 Å². The quantitative estimate of drug-likeness (QED) is 0.828. The highest BCUT2D eigenvalue weighted by Crippen LogP contribution is 2.23. The van der Waals surface area contributed by atoms with Gasteiger partial charge in [0.05, 0.1) is 23.0 Å². The molecular weight excluding hydrogens is 360 g/mol. The van der Waals surface area contributed by atoms with E-state index in [2.05, 4.69) is 5.32 Å². The number of thiophene rings is 1. The Kier molecular flexibility index (Phi) is 5.85. The monoisotopic (exact) mass is 380 g/mol. The highest BCUT2D eigenvalue weighted by molar-refractivity contribution is 7.89. The fraction of sp³-hybridized carbons (Fsp3) is 0.353. The van der Waals surface area contributed by atoms with Crippen molar-refractivity contribution >= 4 is 27.3 Å². The molecule has 25 heavy (non-hydrogen) atoms. The summed E-state index contributed by atoms with van der Waals surface area (Å²) in [6.45, 7) is 1.99. The molecule has 6 nitrogen and oxygen atoms in total. The van der Waals surface area contributed by atoms with Crippen molar-refractivity contribution < 1.29 is 17.9 Å². The lowest BCUT2D eigenvalue weighted by molar-refractivity contribution is 0.0730. The lowest BCUT2D eigenvalue weighted by Gasteiger charge is -2.25. The molecule has 1 aromatic heterocycles. The van der Waals surface area contributed by atoms with Crippen LogP contribution in [0, 0.1) is 0 Å².